The molecule has 0 saturated carbocycles. The molecule has 29 heavy (non-hydrogen) atoms. The number of amides is 1. The number of thioether (sulfide) groups is 1. The largest absolute Gasteiger partial charge is 1.00 e. The average Bonchev–Trinajstić information content (AvgIpc) is 2.86. The van der Waals surface area contributed by atoms with E-state index in [-0.39, 0.29) is 80.2 Å². The van der Waals surface area contributed by atoms with Crippen LogP contribution in [0.2, 0.25) is 0 Å². The van der Waals surface area contributed by atoms with E-state index in [0.717, 1.165) is 18.0 Å². The maximum atomic E-state index is 12.4. The van der Waals surface area contributed by atoms with Gasteiger partial charge in [0.05, 0.1) is 29.7 Å². The summed E-state index contributed by atoms with van der Waals surface area (Å²) >= 11 is 1.56. The number of likely N-dealkylation sites (tertiary alicyclic amines) is 1. The van der Waals surface area contributed by atoms with E-state index in [0.29, 0.717) is 6.04 Å². The number of rotatable bonds is 6. The van der Waals surface area contributed by atoms with Gasteiger partial charge in [-0.2, -0.15) is 0 Å². The van der Waals surface area contributed by atoms with Gasteiger partial charge < -0.3 is 19.9 Å². The van der Waals surface area contributed by atoms with Gasteiger partial charge in [-0.15, -0.1) is 11.8 Å². The molecule has 5 atom stereocenters. The van der Waals surface area contributed by atoms with Crippen molar-refractivity contribution in [1.29, 1.82) is 0 Å². The van der Waals surface area contributed by atoms with Gasteiger partial charge in [-0.25, -0.2) is 0 Å². The van der Waals surface area contributed by atoms with Crippen molar-refractivity contribution < 1.29 is 71.2 Å². The van der Waals surface area contributed by atoms with Crippen molar-refractivity contribution in [3.8, 4) is 0 Å². The first kappa shape index (κ1) is 23.5. The van der Waals surface area contributed by atoms with Gasteiger partial charge >= 0.3 is 51.4 Å². The fraction of sp³-hybridized carbons (Fsp3) is 0.524. The molecule has 3 aliphatic rings. The van der Waals surface area contributed by atoms with Gasteiger partial charge in [0.2, 0.25) is 5.91 Å². The molecule has 1 aromatic rings. The van der Waals surface area contributed by atoms with Crippen molar-refractivity contribution in [2.45, 2.75) is 44.2 Å². The van der Waals surface area contributed by atoms with Gasteiger partial charge in [0, 0.05) is 35.2 Å². The van der Waals surface area contributed by atoms with E-state index >= 15 is 0 Å². The smallest absolute Gasteiger partial charge is 0.543 e. The zero-order valence-corrected chi connectivity index (χ0v) is 21.2. The summed E-state index contributed by atoms with van der Waals surface area (Å²) in [6, 6.07) is 10.4. The van der Waals surface area contributed by atoms with Crippen LogP contribution in [0.3, 0.4) is 0 Å². The van der Waals surface area contributed by atoms with Gasteiger partial charge in [-0.1, -0.05) is 37.3 Å². The van der Waals surface area contributed by atoms with Crippen LogP contribution >= 0.6 is 11.8 Å². The molecule has 0 spiro atoms. The van der Waals surface area contributed by atoms with E-state index in [4.69, 9.17) is 0 Å². The number of benzene rings is 1. The third kappa shape index (κ3) is 4.03. The van der Waals surface area contributed by atoms with Crippen LogP contribution < -0.4 is 56.5 Å². The molecule has 4 rings (SSSR count). The number of hydrogen-bond acceptors (Lipinski definition) is 6. The first-order valence-electron chi connectivity index (χ1n) is 9.73. The number of hydrogen-bond donors (Lipinski definition) is 1. The molecule has 8 heteroatoms. The van der Waals surface area contributed by atoms with Crippen LogP contribution in [0.15, 0.2) is 40.9 Å². The van der Waals surface area contributed by atoms with E-state index in [1.165, 1.54) is 10.5 Å². The molecule has 2 fully saturated rings. The number of aliphatic hydroxyl groups excluding tert-OH is 1. The van der Waals surface area contributed by atoms with E-state index < -0.39 is 18.0 Å². The second kappa shape index (κ2) is 9.12. The van der Waals surface area contributed by atoms with Crippen LogP contribution in [0, 0.1) is 11.8 Å². The van der Waals surface area contributed by atoms with Crippen LogP contribution in [0.25, 0.3) is 0 Å². The van der Waals surface area contributed by atoms with Gasteiger partial charge in [0.1, 0.15) is 0 Å². The van der Waals surface area contributed by atoms with Crippen molar-refractivity contribution in [2.24, 2.45) is 11.8 Å². The first-order chi connectivity index (χ1) is 13.3. The van der Waals surface area contributed by atoms with E-state index in [1.807, 2.05) is 25.1 Å². The zero-order valence-electron chi connectivity index (χ0n) is 17.2. The summed E-state index contributed by atoms with van der Waals surface area (Å²) in [6.07, 6.45) is -0.783. The summed E-state index contributed by atoms with van der Waals surface area (Å²) in [5.74, 6) is -2.24. The summed E-state index contributed by atoms with van der Waals surface area (Å²) in [4.78, 5) is 28.6. The molecule has 1 N–H and O–H groups in total. The summed E-state index contributed by atoms with van der Waals surface area (Å²) in [6.45, 7) is 7.45. The maximum absolute atomic E-state index is 12.4. The molecule has 3 aliphatic heterocycles. The summed E-state index contributed by atoms with van der Waals surface area (Å²) in [5.41, 5.74) is 1.28. The van der Waals surface area contributed by atoms with Crippen LogP contribution in [-0.4, -0.2) is 57.3 Å². The molecule has 1 aromatic carbocycles. The quantitative estimate of drug-likeness (QED) is 0.407. The first-order valence-corrected chi connectivity index (χ1v) is 10.6. The van der Waals surface area contributed by atoms with Crippen LogP contribution in [0.5, 0.6) is 0 Å². The van der Waals surface area contributed by atoms with Gasteiger partial charge in [0.25, 0.3) is 0 Å². The molecule has 1 amide bonds. The molecular formula is C21H25KN2O4S. The Balaban J connectivity index is 0.00000240. The second-order valence-electron chi connectivity index (χ2n) is 8.03. The Morgan fingerprint density at radius 2 is 1.86 bits per heavy atom. The Bertz CT molecular complexity index is 825. The minimum Gasteiger partial charge on any atom is -0.543 e. The SMILES string of the molecule is C[C@H](c1ccccc1)N1CC(SC2=C(C(=O)[O-])N3C(=O)[C@H]([C@@H](C)O)[C@H]3[C@H]2C)C1.[K+]. The third-order valence-corrected chi connectivity index (χ3v) is 7.75. The number of aliphatic hydroxyl groups is 1. The standard InChI is InChI=1S/C21H26N2O4S.K/c1-11-17-16(13(3)24)20(25)23(17)18(21(26)27)19(11)28-15-9-22(10-15)12(2)14-7-5-4-6-8-14;/h4-8,11-13,15-17,24H,9-10H2,1-3H3,(H,26,27);/q;+1/p-1/t11-,12-,13-,16-,17-;/m1./s1. The second-order valence-corrected chi connectivity index (χ2v) is 9.38. The monoisotopic (exact) mass is 440 g/mol. The number of aliphatic carboxylic acids is 1. The predicted molar refractivity (Wildman–Crippen MR) is 105 cm³/mol. The van der Waals surface area contributed by atoms with Crippen molar-refractivity contribution in [2.75, 3.05) is 13.1 Å². The number of carboxylic acids is 1. The predicted octanol–water partition coefficient (Wildman–Crippen LogP) is -2.01. The minimum atomic E-state index is -1.30. The fourth-order valence-electron chi connectivity index (χ4n) is 4.65. The van der Waals surface area contributed by atoms with E-state index in [9.17, 15) is 19.8 Å². The van der Waals surface area contributed by atoms with Crippen molar-refractivity contribution in [3.05, 3.63) is 46.5 Å². The number of β-lactam (4-membered cyclic amide) rings is 1. The van der Waals surface area contributed by atoms with Crippen LogP contribution in [0.4, 0.5) is 0 Å². The molecule has 0 unspecified atom stereocenters. The number of nitrogens with zero attached hydrogens (tertiary/aromatic N) is 2. The Labute approximate surface area is 218 Å². The molecule has 3 heterocycles. The number of carboxylic acid groups (broad SMARTS) is 1. The van der Waals surface area contributed by atoms with E-state index in [2.05, 4.69) is 24.0 Å². The van der Waals surface area contributed by atoms with Gasteiger partial charge in [-0.3, -0.25) is 9.69 Å². The van der Waals surface area contributed by atoms with Crippen LogP contribution in [0.1, 0.15) is 32.4 Å². The zero-order chi connectivity index (χ0) is 20.2. The number of fused-ring (bicyclic) bond motifs is 1. The van der Waals surface area contributed by atoms with Crippen molar-refractivity contribution >= 4 is 23.6 Å². The summed E-state index contributed by atoms with van der Waals surface area (Å²) in [5, 5.41) is 22.0. The van der Waals surface area contributed by atoms with Gasteiger partial charge in [-0.05, 0) is 19.4 Å². The van der Waals surface area contributed by atoms with Crippen LogP contribution in [-0.2, 0) is 9.59 Å². The normalized spacial score (nSPS) is 28.9. The molecule has 0 aliphatic carbocycles. The van der Waals surface area contributed by atoms with Gasteiger partial charge in [0.15, 0.2) is 0 Å². The average molecular weight is 441 g/mol. The summed E-state index contributed by atoms with van der Waals surface area (Å²) in [7, 11) is 0. The minimum absolute atomic E-state index is 0. The Morgan fingerprint density at radius 3 is 2.41 bits per heavy atom. The number of carbonyl (C=O) groups excluding carboxylic acids is 2. The molecule has 0 bridgehead atoms. The fourth-order valence-corrected chi connectivity index (χ4v) is 6.19. The summed E-state index contributed by atoms with van der Waals surface area (Å²) < 4.78 is 0. The molecule has 0 radical (unpaired) electrons. The Kier molecular flexibility index (Phi) is 7.38. The topological polar surface area (TPSA) is 83.9 Å². The molecule has 2 saturated heterocycles. The molecular weight excluding hydrogens is 415 g/mol. The Hall–Kier alpha value is -0.194. The third-order valence-electron chi connectivity index (χ3n) is 6.30. The van der Waals surface area contributed by atoms with Crippen molar-refractivity contribution in [3.63, 3.8) is 0 Å². The molecule has 0 aromatic heterocycles. The molecule has 150 valence electrons. The number of carbonyl (C=O) groups is 2. The maximum Gasteiger partial charge on any atom is 1.00 e. The Morgan fingerprint density at radius 1 is 1.24 bits per heavy atom. The molecule has 6 nitrogen and oxygen atoms in total. The van der Waals surface area contributed by atoms with Crippen molar-refractivity contribution in [1.82, 2.24) is 9.80 Å². The van der Waals surface area contributed by atoms with E-state index in [1.54, 1.807) is 18.7 Å².